The number of aryl methyl sites for hydroxylation is 1. The van der Waals surface area contributed by atoms with E-state index in [0.717, 1.165) is 18.2 Å². The molecule has 3 rings (SSSR count). The number of morpholine rings is 1. The van der Waals surface area contributed by atoms with E-state index in [1.807, 2.05) is 0 Å². The molecule has 0 saturated carbocycles. The van der Waals surface area contributed by atoms with Crippen molar-refractivity contribution in [3.8, 4) is 5.75 Å². The number of hydrogen-bond acceptors (Lipinski definition) is 4. The van der Waals surface area contributed by atoms with Gasteiger partial charge < -0.3 is 9.47 Å². The van der Waals surface area contributed by atoms with Crippen LogP contribution in [0.15, 0.2) is 23.1 Å². The zero-order valence-electron chi connectivity index (χ0n) is 11.6. The third kappa shape index (κ3) is 2.80. The zero-order valence-corrected chi connectivity index (χ0v) is 12.4. The number of hydrogen-bond donors (Lipinski definition) is 0. The Balaban J connectivity index is 1.88. The summed E-state index contributed by atoms with van der Waals surface area (Å²) in [7, 11) is -3.74. The lowest BCUT2D eigenvalue weighted by molar-refractivity contribution is -0.274. The minimum atomic E-state index is -4.81. The zero-order chi connectivity index (χ0) is 16.1. The van der Waals surface area contributed by atoms with E-state index in [1.54, 1.807) is 0 Å². The van der Waals surface area contributed by atoms with Crippen molar-refractivity contribution in [3.05, 3.63) is 23.8 Å². The highest BCUT2D eigenvalue weighted by Gasteiger charge is 2.45. The van der Waals surface area contributed by atoms with Crippen LogP contribution in [0.1, 0.15) is 12.0 Å². The average molecular weight is 337 g/mol. The Morgan fingerprint density at radius 1 is 1.36 bits per heavy atom. The largest absolute Gasteiger partial charge is 0.573 e. The molecule has 2 saturated heterocycles. The summed E-state index contributed by atoms with van der Waals surface area (Å²) in [6.07, 6.45) is -4.24. The fourth-order valence-electron chi connectivity index (χ4n) is 2.89. The monoisotopic (exact) mass is 337 g/mol. The van der Waals surface area contributed by atoms with Crippen molar-refractivity contribution in [2.45, 2.75) is 36.7 Å². The van der Waals surface area contributed by atoms with Gasteiger partial charge in [0.1, 0.15) is 5.75 Å². The van der Waals surface area contributed by atoms with E-state index in [-0.39, 0.29) is 29.1 Å². The molecule has 2 atom stereocenters. The molecule has 2 heterocycles. The van der Waals surface area contributed by atoms with Crippen LogP contribution < -0.4 is 4.74 Å². The van der Waals surface area contributed by atoms with Gasteiger partial charge in [-0.15, -0.1) is 13.2 Å². The van der Waals surface area contributed by atoms with Crippen molar-refractivity contribution < 1.29 is 31.1 Å². The molecule has 2 aliphatic heterocycles. The fraction of sp³-hybridized carbons (Fsp3) is 0.538. The van der Waals surface area contributed by atoms with Crippen molar-refractivity contribution in [2.75, 3.05) is 13.2 Å². The van der Waals surface area contributed by atoms with Gasteiger partial charge in [0.25, 0.3) is 0 Å². The van der Waals surface area contributed by atoms with Crippen LogP contribution in [0.2, 0.25) is 0 Å². The molecule has 0 radical (unpaired) electrons. The molecule has 2 aliphatic rings. The molecule has 1 aromatic rings. The lowest BCUT2D eigenvalue weighted by atomic mass is 10.2. The molecule has 0 unspecified atom stereocenters. The molecule has 0 aliphatic carbocycles. The Kier molecular flexibility index (Phi) is 3.61. The third-order valence-electron chi connectivity index (χ3n) is 3.82. The average Bonchev–Trinajstić information content (AvgIpc) is 2.98. The maximum Gasteiger partial charge on any atom is 0.573 e. The van der Waals surface area contributed by atoms with Crippen molar-refractivity contribution in [1.29, 1.82) is 0 Å². The number of ether oxygens (including phenoxy) is 2. The molecule has 1 aromatic carbocycles. The van der Waals surface area contributed by atoms with E-state index in [9.17, 15) is 21.6 Å². The smallest absolute Gasteiger partial charge is 0.406 e. The molecular formula is C13H14F3NO4S. The van der Waals surface area contributed by atoms with Gasteiger partial charge in [0.05, 0.1) is 23.6 Å². The van der Waals surface area contributed by atoms with Gasteiger partial charge in [0.15, 0.2) is 0 Å². The Morgan fingerprint density at radius 3 is 2.59 bits per heavy atom. The van der Waals surface area contributed by atoms with Gasteiger partial charge in [-0.1, -0.05) is 0 Å². The fourth-order valence-corrected chi connectivity index (χ4v) is 4.75. The number of benzene rings is 1. The summed E-state index contributed by atoms with van der Waals surface area (Å²) in [5.74, 6) is -0.435. The van der Waals surface area contributed by atoms with Crippen molar-refractivity contribution >= 4 is 10.0 Å². The van der Waals surface area contributed by atoms with Crippen LogP contribution in [0.25, 0.3) is 0 Å². The van der Waals surface area contributed by atoms with Crippen molar-refractivity contribution in [2.24, 2.45) is 0 Å². The highest BCUT2D eigenvalue weighted by molar-refractivity contribution is 7.89. The van der Waals surface area contributed by atoms with Crippen LogP contribution in [0, 0.1) is 6.92 Å². The summed E-state index contributed by atoms with van der Waals surface area (Å²) >= 11 is 0. The Labute approximate surface area is 125 Å². The highest BCUT2D eigenvalue weighted by Crippen LogP contribution is 2.35. The summed E-state index contributed by atoms with van der Waals surface area (Å²) in [6.45, 7) is 2.09. The van der Waals surface area contributed by atoms with Crippen molar-refractivity contribution in [3.63, 3.8) is 0 Å². The van der Waals surface area contributed by atoms with Crippen LogP contribution in [0.5, 0.6) is 5.75 Å². The Bertz CT molecular complexity index is 689. The van der Waals surface area contributed by atoms with Gasteiger partial charge in [-0.2, -0.15) is 4.31 Å². The molecule has 9 heteroatoms. The quantitative estimate of drug-likeness (QED) is 0.847. The second-order valence-corrected chi connectivity index (χ2v) is 7.25. The number of rotatable bonds is 3. The molecule has 0 amide bonds. The number of nitrogens with zero attached hydrogens (tertiary/aromatic N) is 1. The third-order valence-corrected chi connectivity index (χ3v) is 5.90. The number of alkyl halides is 3. The van der Waals surface area contributed by atoms with Crippen molar-refractivity contribution in [1.82, 2.24) is 4.31 Å². The van der Waals surface area contributed by atoms with Crippen LogP contribution in [-0.2, 0) is 14.8 Å². The van der Waals surface area contributed by atoms with E-state index in [2.05, 4.69) is 4.74 Å². The van der Waals surface area contributed by atoms with Crippen LogP contribution in [-0.4, -0.2) is 44.4 Å². The molecule has 122 valence electrons. The predicted molar refractivity (Wildman–Crippen MR) is 69.9 cm³/mol. The molecule has 2 bridgehead atoms. The standard InChI is InChI=1S/C13H14F3NO4S/c1-8-4-10(21-13(14,15)16)2-3-12(8)22(18,19)17-6-11-5-9(17)7-20-11/h2-4,9,11H,5-7H2,1H3/t9-,11-/m1/s1. The second kappa shape index (κ2) is 5.10. The van der Waals surface area contributed by atoms with Gasteiger partial charge in [-0.05, 0) is 37.1 Å². The number of sulfonamides is 1. The summed E-state index contributed by atoms with van der Waals surface area (Å²) in [5.41, 5.74) is 0.213. The van der Waals surface area contributed by atoms with Crippen LogP contribution >= 0.6 is 0 Å². The molecule has 22 heavy (non-hydrogen) atoms. The van der Waals surface area contributed by atoms with Gasteiger partial charge in [-0.25, -0.2) is 8.42 Å². The maximum absolute atomic E-state index is 12.6. The first-order chi connectivity index (χ1) is 10.2. The Morgan fingerprint density at radius 2 is 2.09 bits per heavy atom. The summed E-state index contributed by atoms with van der Waals surface area (Å²) in [5, 5.41) is 0. The van der Waals surface area contributed by atoms with E-state index in [0.29, 0.717) is 13.0 Å². The second-order valence-electron chi connectivity index (χ2n) is 5.39. The molecule has 2 fully saturated rings. The summed E-state index contributed by atoms with van der Waals surface area (Å²) in [4.78, 5) is -0.00502. The minimum absolute atomic E-state index is 0.00502. The van der Waals surface area contributed by atoms with E-state index in [4.69, 9.17) is 4.74 Å². The van der Waals surface area contributed by atoms with Gasteiger partial charge in [0.2, 0.25) is 10.0 Å². The summed E-state index contributed by atoms with van der Waals surface area (Å²) < 4.78 is 72.4. The normalized spacial score (nSPS) is 25.6. The molecule has 0 spiro atoms. The first-order valence-corrected chi connectivity index (χ1v) is 8.11. The molecular weight excluding hydrogens is 323 g/mol. The summed E-state index contributed by atoms with van der Waals surface area (Å²) in [6, 6.07) is 3.04. The molecule has 5 nitrogen and oxygen atoms in total. The van der Waals surface area contributed by atoms with E-state index in [1.165, 1.54) is 11.2 Å². The number of halogens is 3. The number of fused-ring (bicyclic) bond motifs is 2. The van der Waals surface area contributed by atoms with Crippen LogP contribution in [0.4, 0.5) is 13.2 Å². The van der Waals surface area contributed by atoms with Gasteiger partial charge in [-0.3, -0.25) is 0 Å². The predicted octanol–water partition coefficient (Wildman–Crippen LogP) is 2.06. The molecule has 0 aromatic heterocycles. The Hall–Kier alpha value is -1.32. The maximum atomic E-state index is 12.6. The minimum Gasteiger partial charge on any atom is -0.406 e. The first kappa shape index (κ1) is 15.6. The van der Waals surface area contributed by atoms with Gasteiger partial charge >= 0.3 is 6.36 Å². The van der Waals surface area contributed by atoms with Gasteiger partial charge in [0, 0.05) is 6.54 Å². The van der Waals surface area contributed by atoms with E-state index < -0.39 is 22.1 Å². The highest BCUT2D eigenvalue weighted by atomic mass is 32.2. The SMILES string of the molecule is Cc1cc(OC(F)(F)F)ccc1S(=O)(=O)N1C[C@H]2C[C@@H]1CO2. The lowest BCUT2D eigenvalue weighted by Crippen LogP contribution is -2.41. The van der Waals surface area contributed by atoms with Crippen LogP contribution in [0.3, 0.4) is 0 Å². The topological polar surface area (TPSA) is 55.8 Å². The van der Waals surface area contributed by atoms with E-state index >= 15 is 0 Å². The first-order valence-electron chi connectivity index (χ1n) is 6.67. The lowest BCUT2D eigenvalue weighted by Gasteiger charge is -2.26. The molecule has 0 N–H and O–H groups in total.